The fourth-order valence-electron chi connectivity index (χ4n) is 1.24. The predicted molar refractivity (Wildman–Crippen MR) is 68.2 cm³/mol. The first-order valence-electron chi connectivity index (χ1n) is 5.37. The van der Waals surface area contributed by atoms with Gasteiger partial charge in [0.1, 0.15) is 5.75 Å². The summed E-state index contributed by atoms with van der Waals surface area (Å²) >= 11 is -1.47. The van der Waals surface area contributed by atoms with Crippen LogP contribution in [0.2, 0.25) is 0 Å². The van der Waals surface area contributed by atoms with Gasteiger partial charge in [-0.1, -0.05) is 12.1 Å². The minimum Gasteiger partial charge on any atom is -0.400 e. The Labute approximate surface area is 104 Å². The Morgan fingerprint density at radius 1 is 1.41 bits per heavy atom. The zero-order chi connectivity index (χ0) is 12.8. The Morgan fingerprint density at radius 2 is 2.12 bits per heavy atom. The van der Waals surface area contributed by atoms with E-state index < -0.39 is 11.1 Å². The number of hydrogen-bond donors (Lipinski definition) is 1. The van der Waals surface area contributed by atoms with Gasteiger partial charge in [0.25, 0.3) is 0 Å². The molecule has 0 spiro atoms. The van der Waals surface area contributed by atoms with E-state index in [2.05, 4.69) is 5.32 Å². The van der Waals surface area contributed by atoms with Crippen molar-refractivity contribution in [2.45, 2.75) is 20.3 Å². The average molecular weight is 255 g/mol. The maximum atomic E-state index is 11.6. The number of carbonyl (C=O) groups is 1. The second-order valence-electron chi connectivity index (χ2n) is 3.78. The van der Waals surface area contributed by atoms with E-state index in [0.29, 0.717) is 5.75 Å². The van der Waals surface area contributed by atoms with Crippen LogP contribution in [0.1, 0.15) is 17.5 Å². The van der Waals surface area contributed by atoms with Crippen LogP contribution in [-0.2, 0) is 15.9 Å². The SMILES string of the molecule is CNC(=O)CCS(=O)Oc1cc(C)ccc1C. The molecule has 0 aliphatic carbocycles. The van der Waals surface area contributed by atoms with E-state index in [0.717, 1.165) is 11.1 Å². The largest absolute Gasteiger partial charge is 0.400 e. The first-order valence-corrected chi connectivity index (χ1v) is 6.62. The first-order chi connectivity index (χ1) is 8.02. The summed E-state index contributed by atoms with van der Waals surface area (Å²) in [7, 11) is 1.55. The van der Waals surface area contributed by atoms with Crippen LogP contribution in [0.5, 0.6) is 5.75 Å². The highest BCUT2D eigenvalue weighted by atomic mass is 32.2. The molecule has 0 aliphatic rings. The van der Waals surface area contributed by atoms with Crippen LogP contribution in [0.4, 0.5) is 0 Å². The molecule has 1 aromatic rings. The zero-order valence-corrected chi connectivity index (χ0v) is 11.1. The first kappa shape index (κ1) is 13.7. The summed E-state index contributed by atoms with van der Waals surface area (Å²) in [6, 6.07) is 5.73. The molecular formula is C12H17NO3S. The van der Waals surface area contributed by atoms with Crippen LogP contribution >= 0.6 is 0 Å². The lowest BCUT2D eigenvalue weighted by Gasteiger charge is -2.08. The van der Waals surface area contributed by atoms with Gasteiger partial charge in [-0.15, -0.1) is 0 Å². The van der Waals surface area contributed by atoms with Crippen molar-refractivity contribution in [3.05, 3.63) is 29.3 Å². The smallest absolute Gasteiger partial charge is 0.220 e. The molecule has 0 bridgehead atoms. The Hall–Kier alpha value is -1.36. The van der Waals surface area contributed by atoms with E-state index in [4.69, 9.17) is 4.18 Å². The molecule has 0 aromatic heterocycles. The highest BCUT2D eigenvalue weighted by Gasteiger charge is 2.08. The normalized spacial score (nSPS) is 11.9. The van der Waals surface area contributed by atoms with Crippen LogP contribution < -0.4 is 9.50 Å². The van der Waals surface area contributed by atoms with Gasteiger partial charge in [0.15, 0.2) is 0 Å². The third-order valence-corrected chi connectivity index (χ3v) is 3.20. The summed E-state index contributed by atoms with van der Waals surface area (Å²) in [5.74, 6) is 0.677. The molecule has 0 heterocycles. The van der Waals surface area contributed by atoms with Gasteiger partial charge in [-0.2, -0.15) is 0 Å². The molecule has 1 atom stereocenters. The quantitative estimate of drug-likeness (QED) is 0.867. The molecule has 0 saturated heterocycles. The van der Waals surface area contributed by atoms with Gasteiger partial charge in [0, 0.05) is 13.5 Å². The zero-order valence-electron chi connectivity index (χ0n) is 10.3. The van der Waals surface area contributed by atoms with Gasteiger partial charge in [-0.3, -0.25) is 4.79 Å². The van der Waals surface area contributed by atoms with Gasteiger partial charge in [-0.25, -0.2) is 4.21 Å². The van der Waals surface area contributed by atoms with E-state index in [1.165, 1.54) is 0 Å². The maximum Gasteiger partial charge on any atom is 0.220 e. The minimum atomic E-state index is -1.47. The Bertz CT molecular complexity index is 432. The van der Waals surface area contributed by atoms with E-state index in [1.807, 2.05) is 32.0 Å². The fraction of sp³-hybridized carbons (Fsp3) is 0.417. The molecule has 4 nitrogen and oxygen atoms in total. The molecule has 17 heavy (non-hydrogen) atoms. The number of benzene rings is 1. The van der Waals surface area contributed by atoms with Gasteiger partial charge in [0.05, 0.1) is 5.75 Å². The van der Waals surface area contributed by atoms with Crippen LogP contribution in [-0.4, -0.2) is 22.9 Å². The van der Waals surface area contributed by atoms with Crippen molar-refractivity contribution in [1.82, 2.24) is 5.32 Å². The number of hydrogen-bond acceptors (Lipinski definition) is 3. The summed E-state index contributed by atoms with van der Waals surface area (Å²) in [6.07, 6.45) is 0.202. The summed E-state index contributed by atoms with van der Waals surface area (Å²) in [5, 5.41) is 2.48. The van der Waals surface area contributed by atoms with Gasteiger partial charge in [0.2, 0.25) is 17.0 Å². The highest BCUT2D eigenvalue weighted by Crippen LogP contribution is 2.20. The molecule has 0 radical (unpaired) electrons. The van der Waals surface area contributed by atoms with E-state index in [9.17, 15) is 9.00 Å². The summed E-state index contributed by atoms with van der Waals surface area (Å²) in [5.41, 5.74) is 1.98. The molecule has 5 heteroatoms. The molecular weight excluding hydrogens is 238 g/mol. The Morgan fingerprint density at radius 3 is 2.76 bits per heavy atom. The third kappa shape index (κ3) is 4.56. The molecule has 1 amide bonds. The van der Waals surface area contributed by atoms with Crippen molar-refractivity contribution < 1.29 is 13.2 Å². The number of rotatable bonds is 5. The molecule has 94 valence electrons. The van der Waals surface area contributed by atoms with Crippen molar-refractivity contribution in [3.63, 3.8) is 0 Å². The van der Waals surface area contributed by atoms with E-state index in [1.54, 1.807) is 7.05 Å². The van der Waals surface area contributed by atoms with Gasteiger partial charge >= 0.3 is 0 Å². The molecule has 0 aliphatic heterocycles. The second-order valence-corrected chi connectivity index (χ2v) is 4.97. The maximum absolute atomic E-state index is 11.6. The van der Waals surface area contributed by atoms with Crippen LogP contribution in [0.15, 0.2) is 18.2 Å². The Balaban J connectivity index is 2.56. The summed E-state index contributed by atoms with van der Waals surface area (Å²) in [4.78, 5) is 11.0. The number of amides is 1. The highest BCUT2D eigenvalue weighted by molar-refractivity contribution is 7.80. The molecule has 1 unspecified atom stereocenters. The van der Waals surface area contributed by atoms with Crippen molar-refractivity contribution in [2.75, 3.05) is 12.8 Å². The van der Waals surface area contributed by atoms with Crippen LogP contribution in [0.25, 0.3) is 0 Å². The van der Waals surface area contributed by atoms with Gasteiger partial charge < -0.3 is 9.50 Å². The lowest BCUT2D eigenvalue weighted by Crippen LogP contribution is -2.20. The van der Waals surface area contributed by atoms with E-state index >= 15 is 0 Å². The molecule has 0 saturated carbocycles. The standard InChI is InChI=1S/C12H17NO3S/c1-9-4-5-10(2)11(8-9)16-17(15)7-6-12(14)13-3/h4-5,8H,6-7H2,1-3H3,(H,13,14). The van der Waals surface area contributed by atoms with Crippen molar-refractivity contribution in [1.29, 1.82) is 0 Å². The second kappa shape index (κ2) is 6.39. The third-order valence-electron chi connectivity index (χ3n) is 2.30. The lowest BCUT2D eigenvalue weighted by atomic mass is 10.1. The van der Waals surface area contributed by atoms with Crippen LogP contribution in [0, 0.1) is 13.8 Å². The monoisotopic (exact) mass is 255 g/mol. The molecule has 0 fully saturated rings. The molecule has 1 rings (SSSR count). The average Bonchev–Trinajstić information content (AvgIpc) is 2.30. The number of carbonyl (C=O) groups excluding carboxylic acids is 1. The topological polar surface area (TPSA) is 55.4 Å². The van der Waals surface area contributed by atoms with Crippen LogP contribution in [0.3, 0.4) is 0 Å². The molecule has 1 aromatic carbocycles. The Kier molecular flexibility index (Phi) is 5.15. The lowest BCUT2D eigenvalue weighted by molar-refractivity contribution is -0.120. The summed E-state index contributed by atoms with van der Waals surface area (Å²) in [6.45, 7) is 3.84. The predicted octanol–water partition coefficient (Wildman–Crippen LogP) is 1.48. The van der Waals surface area contributed by atoms with Crippen molar-refractivity contribution in [3.8, 4) is 5.75 Å². The summed E-state index contributed by atoms with van der Waals surface area (Å²) < 4.78 is 16.9. The molecule has 1 N–H and O–H groups in total. The van der Waals surface area contributed by atoms with Gasteiger partial charge in [-0.05, 0) is 31.0 Å². The minimum absolute atomic E-state index is 0.136. The number of nitrogens with one attached hydrogen (secondary N) is 1. The number of aryl methyl sites for hydroxylation is 2. The van der Waals surface area contributed by atoms with E-state index in [-0.39, 0.29) is 18.1 Å². The van der Waals surface area contributed by atoms with Crippen molar-refractivity contribution in [2.24, 2.45) is 0 Å². The van der Waals surface area contributed by atoms with Crippen molar-refractivity contribution >= 4 is 17.0 Å². The fourth-order valence-corrected chi connectivity index (χ4v) is 2.06.